The van der Waals surface area contributed by atoms with Gasteiger partial charge in [0.15, 0.2) is 0 Å². The zero-order valence-corrected chi connectivity index (χ0v) is 12.9. The highest BCUT2D eigenvalue weighted by Crippen LogP contribution is 2.16. The Hall–Kier alpha value is -1.16. The van der Waals surface area contributed by atoms with Crippen LogP contribution in [0.3, 0.4) is 0 Å². The molecule has 0 radical (unpaired) electrons. The van der Waals surface area contributed by atoms with Gasteiger partial charge in [-0.15, -0.1) is 0 Å². The predicted octanol–water partition coefficient (Wildman–Crippen LogP) is 3.07. The molecule has 112 valence electrons. The van der Waals surface area contributed by atoms with Crippen LogP contribution < -0.4 is 10.6 Å². The molecule has 0 amide bonds. The standard InChI is InChI=1S/C16H28N4/c1-3-14-12-16(20-13(2)19-14)18-11-10-17-15-8-6-4-5-7-9-15/h12,15,17H,3-11H2,1-2H3,(H,18,19,20). The summed E-state index contributed by atoms with van der Waals surface area (Å²) in [7, 11) is 0. The zero-order valence-electron chi connectivity index (χ0n) is 12.9. The van der Waals surface area contributed by atoms with E-state index < -0.39 is 0 Å². The maximum atomic E-state index is 4.43. The molecule has 0 aliphatic heterocycles. The molecule has 0 unspecified atom stereocenters. The lowest BCUT2D eigenvalue weighted by atomic mass is 10.1. The van der Waals surface area contributed by atoms with E-state index in [0.29, 0.717) is 0 Å². The van der Waals surface area contributed by atoms with Crippen molar-refractivity contribution in [2.75, 3.05) is 18.4 Å². The molecule has 0 atom stereocenters. The van der Waals surface area contributed by atoms with Crippen LogP contribution in [0.4, 0.5) is 5.82 Å². The normalized spacial score (nSPS) is 16.9. The molecule has 0 saturated heterocycles. The van der Waals surface area contributed by atoms with Crippen molar-refractivity contribution in [2.45, 2.75) is 64.8 Å². The van der Waals surface area contributed by atoms with Gasteiger partial charge < -0.3 is 10.6 Å². The Morgan fingerprint density at radius 1 is 1.10 bits per heavy atom. The Morgan fingerprint density at radius 2 is 1.85 bits per heavy atom. The van der Waals surface area contributed by atoms with E-state index >= 15 is 0 Å². The van der Waals surface area contributed by atoms with Gasteiger partial charge in [0.05, 0.1) is 0 Å². The number of hydrogen-bond acceptors (Lipinski definition) is 4. The smallest absolute Gasteiger partial charge is 0.129 e. The van der Waals surface area contributed by atoms with E-state index in [1.54, 1.807) is 0 Å². The molecule has 1 heterocycles. The van der Waals surface area contributed by atoms with Gasteiger partial charge in [-0.05, 0) is 26.2 Å². The van der Waals surface area contributed by atoms with E-state index in [1.165, 1.54) is 38.5 Å². The third kappa shape index (κ3) is 5.08. The van der Waals surface area contributed by atoms with Gasteiger partial charge in [-0.2, -0.15) is 0 Å². The second kappa shape index (κ2) is 8.20. The SMILES string of the molecule is CCc1cc(NCCNC2CCCCCC2)nc(C)n1. The fourth-order valence-electron chi connectivity index (χ4n) is 2.85. The van der Waals surface area contributed by atoms with Gasteiger partial charge in [0.1, 0.15) is 11.6 Å². The topological polar surface area (TPSA) is 49.8 Å². The van der Waals surface area contributed by atoms with Crippen LogP contribution in [0.15, 0.2) is 6.07 Å². The lowest BCUT2D eigenvalue weighted by Gasteiger charge is -2.16. The minimum Gasteiger partial charge on any atom is -0.369 e. The van der Waals surface area contributed by atoms with Crippen molar-refractivity contribution in [1.29, 1.82) is 0 Å². The molecule has 20 heavy (non-hydrogen) atoms. The number of aryl methyl sites for hydroxylation is 2. The number of anilines is 1. The highest BCUT2D eigenvalue weighted by atomic mass is 15.0. The van der Waals surface area contributed by atoms with E-state index in [4.69, 9.17) is 0 Å². The Kier molecular flexibility index (Phi) is 6.25. The Morgan fingerprint density at radius 3 is 2.55 bits per heavy atom. The van der Waals surface area contributed by atoms with Crippen molar-refractivity contribution in [3.05, 3.63) is 17.6 Å². The number of aromatic nitrogens is 2. The first kappa shape index (κ1) is 15.2. The van der Waals surface area contributed by atoms with E-state index in [1.807, 2.05) is 6.92 Å². The summed E-state index contributed by atoms with van der Waals surface area (Å²) in [4.78, 5) is 8.83. The number of nitrogens with one attached hydrogen (secondary N) is 2. The van der Waals surface area contributed by atoms with Crippen LogP contribution in [-0.2, 0) is 6.42 Å². The van der Waals surface area contributed by atoms with Gasteiger partial charge >= 0.3 is 0 Å². The van der Waals surface area contributed by atoms with Crippen molar-refractivity contribution in [3.63, 3.8) is 0 Å². The van der Waals surface area contributed by atoms with Crippen LogP contribution in [0.2, 0.25) is 0 Å². The van der Waals surface area contributed by atoms with Crippen LogP contribution in [0.5, 0.6) is 0 Å². The molecule has 4 heteroatoms. The van der Waals surface area contributed by atoms with Crippen molar-refractivity contribution < 1.29 is 0 Å². The van der Waals surface area contributed by atoms with Crippen molar-refractivity contribution in [1.82, 2.24) is 15.3 Å². The van der Waals surface area contributed by atoms with Crippen LogP contribution in [-0.4, -0.2) is 29.1 Å². The fraction of sp³-hybridized carbons (Fsp3) is 0.750. The van der Waals surface area contributed by atoms with E-state index in [-0.39, 0.29) is 0 Å². The summed E-state index contributed by atoms with van der Waals surface area (Å²) >= 11 is 0. The zero-order chi connectivity index (χ0) is 14.2. The first-order valence-corrected chi connectivity index (χ1v) is 8.09. The lowest BCUT2D eigenvalue weighted by Crippen LogP contribution is -2.32. The second-order valence-corrected chi connectivity index (χ2v) is 5.71. The monoisotopic (exact) mass is 276 g/mol. The van der Waals surface area contributed by atoms with Gasteiger partial charge in [0, 0.05) is 30.9 Å². The molecule has 1 aromatic rings. The minimum absolute atomic E-state index is 0.720. The number of rotatable bonds is 6. The third-order valence-corrected chi connectivity index (χ3v) is 3.97. The first-order valence-electron chi connectivity index (χ1n) is 8.09. The summed E-state index contributed by atoms with van der Waals surface area (Å²) in [6.07, 6.45) is 9.23. The average Bonchev–Trinajstić information content (AvgIpc) is 2.71. The highest BCUT2D eigenvalue weighted by Gasteiger charge is 2.10. The summed E-state index contributed by atoms with van der Waals surface area (Å²) in [5.74, 6) is 1.81. The number of hydrogen-bond donors (Lipinski definition) is 2. The van der Waals surface area contributed by atoms with Gasteiger partial charge in [-0.25, -0.2) is 9.97 Å². The maximum Gasteiger partial charge on any atom is 0.129 e. The van der Waals surface area contributed by atoms with Crippen molar-refractivity contribution >= 4 is 5.82 Å². The largest absolute Gasteiger partial charge is 0.369 e. The van der Waals surface area contributed by atoms with Crippen LogP contribution in [0, 0.1) is 6.92 Å². The Bertz CT molecular complexity index is 397. The summed E-state index contributed by atoms with van der Waals surface area (Å²) in [6.45, 7) is 6.01. The molecule has 0 aromatic carbocycles. The molecular formula is C16H28N4. The van der Waals surface area contributed by atoms with Crippen molar-refractivity contribution in [3.8, 4) is 0 Å². The van der Waals surface area contributed by atoms with Gasteiger partial charge in [-0.1, -0.05) is 32.6 Å². The van der Waals surface area contributed by atoms with E-state index in [9.17, 15) is 0 Å². The summed E-state index contributed by atoms with van der Waals surface area (Å²) in [5, 5.41) is 7.07. The van der Waals surface area contributed by atoms with Gasteiger partial charge in [0.25, 0.3) is 0 Å². The van der Waals surface area contributed by atoms with Crippen LogP contribution in [0.1, 0.15) is 57.0 Å². The molecule has 2 rings (SSSR count). The molecule has 1 aliphatic rings. The van der Waals surface area contributed by atoms with Crippen molar-refractivity contribution in [2.24, 2.45) is 0 Å². The predicted molar refractivity (Wildman–Crippen MR) is 84.1 cm³/mol. The Balaban J connectivity index is 1.71. The van der Waals surface area contributed by atoms with Crippen LogP contribution in [0.25, 0.3) is 0 Å². The van der Waals surface area contributed by atoms with Gasteiger partial charge in [0.2, 0.25) is 0 Å². The van der Waals surface area contributed by atoms with E-state index in [2.05, 4.69) is 33.6 Å². The lowest BCUT2D eigenvalue weighted by molar-refractivity contribution is 0.468. The molecular weight excluding hydrogens is 248 g/mol. The summed E-state index contributed by atoms with van der Waals surface area (Å²) < 4.78 is 0. The first-order chi connectivity index (χ1) is 9.78. The average molecular weight is 276 g/mol. The molecule has 1 fully saturated rings. The highest BCUT2D eigenvalue weighted by molar-refractivity contribution is 5.35. The minimum atomic E-state index is 0.720. The molecule has 0 spiro atoms. The molecule has 0 bridgehead atoms. The second-order valence-electron chi connectivity index (χ2n) is 5.71. The molecule has 4 nitrogen and oxygen atoms in total. The summed E-state index contributed by atoms with van der Waals surface area (Å²) in [5.41, 5.74) is 1.11. The maximum absolute atomic E-state index is 4.43. The Labute approximate surface area is 122 Å². The van der Waals surface area contributed by atoms with E-state index in [0.717, 1.165) is 42.9 Å². The number of nitrogens with zero attached hydrogens (tertiary/aromatic N) is 2. The quantitative estimate of drug-likeness (QED) is 0.619. The fourth-order valence-corrected chi connectivity index (χ4v) is 2.85. The molecule has 1 saturated carbocycles. The third-order valence-electron chi connectivity index (χ3n) is 3.97. The molecule has 1 aliphatic carbocycles. The summed E-state index contributed by atoms with van der Waals surface area (Å²) in [6, 6.07) is 2.77. The van der Waals surface area contributed by atoms with Gasteiger partial charge in [-0.3, -0.25) is 0 Å². The molecule has 1 aromatic heterocycles. The van der Waals surface area contributed by atoms with Crippen LogP contribution >= 0.6 is 0 Å². The molecule has 2 N–H and O–H groups in total.